The number of methoxy groups -OCH3 is 1. The lowest BCUT2D eigenvalue weighted by atomic mass is 10.1. The molecule has 0 aromatic heterocycles. The summed E-state index contributed by atoms with van der Waals surface area (Å²) >= 11 is 0. The predicted molar refractivity (Wildman–Crippen MR) is 104 cm³/mol. The molecule has 0 saturated carbocycles. The van der Waals surface area contributed by atoms with E-state index in [2.05, 4.69) is 16.0 Å². The minimum Gasteiger partial charge on any atom is -0.493 e. The van der Waals surface area contributed by atoms with Crippen LogP contribution in [0, 0.1) is 0 Å². The Morgan fingerprint density at radius 3 is 2.56 bits per heavy atom. The van der Waals surface area contributed by atoms with Crippen molar-refractivity contribution < 1.29 is 19.1 Å². The molecule has 7 heteroatoms. The van der Waals surface area contributed by atoms with Gasteiger partial charge in [-0.3, -0.25) is 9.59 Å². The van der Waals surface area contributed by atoms with Gasteiger partial charge in [0.1, 0.15) is 0 Å². The molecule has 3 N–H and O–H groups in total. The molecule has 7 nitrogen and oxygen atoms in total. The first-order chi connectivity index (χ1) is 13.1. The van der Waals surface area contributed by atoms with Crippen LogP contribution in [0.2, 0.25) is 0 Å². The minimum absolute atomic E-state index is 0.129. The van der Waals surface area contributed by atoms with Gasteiger partial charge in [0.15, 0.2) is 18.1 Å². The topological polar surface area (TPSA) is 88.7 Å². The summed E-state index contributed by atoms with van der Waals surface area (Å²) < 4.78 is 10.7. The Labute approximate surface area is 159 Å². The number of carbonyl (C=O) groups excluding carboxylic acids is 2. The molecule has 0 atom stereocenters. The van der Waals surface area contributed by atoms with Gasteiger partial charge in [-0.15, -0.1) is 0 Å². The van der Waals surface area contributed by atoms with Gasteiger partial charge in [0.05, 0.1) is 7.11 Å². The van der Waals surface area contributed by atoms with E-state index < -0.39 is 0 Å². The summed E-state index contributed by atoms with van der Waals surface area (Å²) in [5, 5.41) is 8.65. The molecule has 2 rings (SSSR count). The molecular weight excluding hydrogens is 346 g/mol. The van der Waals surface area contributed by atoms with Crippen LogP contribution in [0.1, 0.15) is 22.8 Å². The van der Waals surface area contributed by atoms with Crippen LogP contribution in [-0.2, 0) is 11.3 Å². The predicted octanol–water partition coefficient (Wildman–Crippen LogP) is 2.18. The van der Waals surface area contributed by atoms with Gasteiger partial charge in [0, 0.05) is 24.8 Å². The van der Waals surface area contributed by atoms with Crippen molar-refractivity contribution in [2.45, 2.75) is 13.5 Å². The standard InChI is InChI=1S/C20H25N3O4/c1-4-22-12-15-7-5-6-8-16(15)23-20(25)14-9-10-17(18(11-14)26-3)27-13-19(24)21-2/h5-11,22H,4,12-13H2,1-3H3,(H,21,24)(H,23,25). The van der Waals surface area contributed by atoms with Crippen LogP contribution < -0.4 is 25.4 Å². The van der Waals surface area contributed by atoms with Gasteiger partial charge >= 0.3 is 0 Å². The lowest BCUT2D eigenvalue weighted by Crippen LogP contribution is -2.25. The van der Waals surface area contributed by atoms with Crippen LogP contribution >= 0.6 is 0 Å². The third-order valence-electron chi connectivity index (χ3n) is 3.89. The van der Waals surface area contributed by atoms with Crippen LogP contribution in [0.3, 0.4) is 0 Å². The molecule has 0 fully saturated rings. The van der Waals surface area contributed by atoms with Crippen molar-refractivity contribution in [2.75, 3.05) is 32.6 Å². The Kier molecular flexibility index (Phi) is 7.63. The number of ether oxygens (including phenoxy) is 2. The highest BCUT2D eigenvalue weighted by atomic mass is 16.5. The van der Waals surface area contributed by atoms with E-state index >= 15 is 0 Å². The number of hydrogen-bond acceptors (Lipinski definition) is 5. The van der Waals surface area contributed by atoms with E-state index in [4.69, 9.17) is 9.47 Å². The van der Waals surface area contributed by atoms with Crippen molar-refractivity contribution in [1.82, 2.24) is 10.6 Å². The van der Waals surface area contributed by atoms with E-state index in [1.54, 1.807) is 18.2 Å². The molecule has 0 radical (unpaired) electrons. The van der Waals surface area contributed by atoms with E-state index in [9.17, 15) is 9.59 Å². The fourth-order valence-corrected chi connectivity index (χ4v) is 2.39. The van der Waals surface area contributed by atoms with Crippen LogP contribution in [0.15, 0.2) is 42.5 Å². The second kappa shape index (κ2) is 10.2. The first-order valence-electron chi connectivity index (χ1n) is 8.70. The van der Waals surface area contributed by atoms with Crippen molar-refractivity contribution in [3.63, 3.8) is 0 Å². The van der Waals surface area contributed by atoms with Gasteiger partial charge in [-0.05, 0) is 36.4 Å². The van der Waals surface area contributed by atoms with Crippen LogP contribution in [-0.4, -0.2) is 39.1 Å². The SMILES string of the molecule is CCNCc1ccccc1NC(=O)c1ccc(OCC(=O)NC)c(OC)c1. The Balaban J connectivity index is 2.14. The number of amides is 2. The van der Waals surface area contributed by atoms with Gasteiger partial charge in [0.2, 0.25) is 0 Å². The van der Waals surface area contributed by atoms with Gasteiger partial charge in [-0.25, -0.2) is 0 Å². The second-order valence-electron chi connectivity index (χ2n) is 5.72. The van der Waals surface area contributed by atoms with Crippen molar-refractivity contribution in [3.8, 4) is 11.5 Å². The van der Waals surface area contributed by atoms with Crippen molar-refractivity contribution in [2.24, 2.45) is 0 Å². The number of anilines is 1. The maximum Gasteiger partial charge on any atom is 0.257 e. The van der Waals surface area contributed by atoms with E-state index in [-0.39, 0.29) is 18.4 Å². The number of nitrogens with one attached hydrogen (secondary N) is 3. The Bertz CT molecular complexity index is 793. The van der Waals surface area contributed by atoms with E-state index in [1.807, 2.05) is 31.2 Å². The number of hydrogen-bond donors (Lipinski definition) is 3. The molecule has 0 aliphatic heterocycles. The number of rotatable bonds is 9. The highest BCUT2D eigenvalue weighted by Crippen LogP contribution is 2.28. The molecular formula is C20H25N3O4. The number of para-hydroxylation sites is 1. The monoisotopic (exact) mass is 371 g/mol. The number of likely N-dealkylation sites (N-methyl/N-ethyl adjacent to an activating group) is 1. The second-order valence-corrected chi connectivity index (χ2v) is 5.72. The first-order valence-corrected chi connectivity index (χ1v) is 8.70. The van der Waals surface area contributed by atoms with E-state index in [1.165, 1.54) is 14.2 Å². The summed E-state index contributed by atoms with van der Waals surface area (Å²) in [5.74, 6) is 0.268. The summed E-state index contributed by atoms with van der Waals surface area (Å²) in [6, 6.07) is 12.5. The Morgan fingerprint density at radius 2 is 1.85 bits per heavy atom. The zero-order valence-corrected chi connectivity index (χ0v) is 15.8. The first kappa shape index (κ1) is 20.3. The van der Waals surface area contributed by atoms with E-state index in [0.29, 0.717) is 23.6 Å². The summed E-state index contributed by atoms with van der Waals surface area (Å²) in [6.45, 7) is 3.41. The highest BCUT2D eigenvalue weighted by Gasteiger charge is 2.13. The largest absolute Gasteiger partial charge is 0.493 e. The third-order valence-corrected chi connectivity index (χ3v) is 3.89. The fourth-order valence-electron chi connectivity index (χ4n) is 2.39. The molecule has 0 saturated heterocycles. The molecule has 2 aromatic rings. The minimum atomic E-state index is -0.255. The fraction of sp³-hybridized carbons (Fsp3) is 0.300. The van der Waals surface area contributed by atoms with Crippen LogP contribution in [0.5, 0.6) is 11.5 Å². The molecule has 27 heavy (non-hydrogen) atoms. The van der Waals surface area contributed by atoms with Gasteiger partial charge in [0.25, 0.3) is 11.8 Å². The maximum atomic E-state index is 12.6. The Morgan fingerprint density at radius 1 is 1.07 bits per heavy atom. The molecule has 2 aromatic carbocycles. The molecule has 144 valence electrons. The molecule has 0 bridgehead atoms. The normalized spacial score (nSPS) is 10.2. The molecule has 2 amide bonds. The summed E-state index contributed by atoms with van der Waals surface area (Å²) in [6.07, 6.45) is 0. The third kappa shape index (κ3) is 5.72. The average molecular weight is 371 g/mol. The smallest absolute Gasteiger partial charge is 0.257 e. The molecule has 0 heterocycles. The summed E-state index contributed by atoms with van der Waals surface area (Å²) in [5.41, 5.74) is 2.19. The zero-order valence-electron chi connectivity index (χ0n) is 15.8. The number of carbonyl (C=O) groups is 2. The molecule has 0 aliphatic carbocycles. The van der Waals surface area contributed by atoms with Gasteiger partial charge in [-0.1, -0.05) is 25.1 Å². The average Bonchev–Trinajstić information content (AvgIpc) is 2.71. The Hall–Kier alpha value is -3.06. The van der Waals surface area contributed by atoms with Gasteiger partial charge < -0.3 is 25.4 Å². The van der Waals surface area contributed by atoms with Crippen molar-refractivity contribution >= 4 is 17.5 Å². The maximum absolute atomic E-state index is 12.6. The quantitative estimate of drug-likeness (QED) is 0.629. The number of benzene rings is 2. The molecule has 0 aliphatic rings. The zero-order chi connectivity index (χ0) is 19.6. The van der Waals surface area contributed by atoms with Crippen LogP contribution in [0.25, 0.3) is 0 Å². The highest BCUT2D eigenvalue weighted by molar-refractivity contribution is 6.05. The molecule has 0 spiro atoms. The lowest BCUT2D eigenvalue weighted by Gasteiger charge is -2.13. The molecule has 0 unspecified atom stereocenters. The van der Waals surface area contributed by atoms with Crippen molar-refractivity contribution in [3.05, 3.63) is 53.6 Å². The summed E-state index contributed by atoms with van der Waals surface area (Å²) in [4.78, 5) is 24.0. The van der Waals surface area contributed by atoms with Crippen molar-refractivity contribution in [1.29, 1.82) is 0 Å². The summed E-state index contributed by atoms with van der Waals surface area (Å²) in [7, 11) is 3.01. The van der Waals surface area contributed by atoms with Crippen LogP contribution in [0.4, 0.5) is 5.69 Å². The van der Waals surface area contributed by atoms with Gasteiger partial charge in [-0.2, -0.15) is 0 Å². The van der Waals surface area contributed by atoms with E-state index in [0.717, 1.165) is 17.8 Å². The lowest BCUT2D eigenvalue weighted by molar-refractivity contribution is -0.122.